The first-order valence-electron chi connectivity index (χ1n) is 8.29. The molecule has 2 aliphatic rings. The van der Waals surface area contributed by atoms with Gasteiger partial charge in [0, 0.05) is 12.0 Å². The van der Waals surface area contributed by atoms with Crippen LogP contribution < -0.4 is 10.5 Å². The van der Waals surface area contributed by atoms with Gasteiger partial charge in [-0.05, 0) is 51.4 Å². The topological polar surface area (TPSA) is 75.8 Å². The van der Waals surface area contributed by atoms with E-state index in [2.05, 4.69) is 4.90 Å². The minimum atomic E-state index is -1.03. The van der Waals surface area contributed by atoms with E-state index in [9.17, 15) is 9.90 Å². The van der Waals surface area contributed by atoms with Crippen molar-refractivity contribution in [2.75, 3.05) is 25.4 Å². The SMILES string of the molecule is Nc1c(Cl)cc(C(=O)O)c2c1CC(CCCN1CCCCC1)O2. The second kappa shape index (κ2) is 6.97. The average Bonchev–Trinajstić information content (AvgIpc) is 2.96. The van der Waals surface area contributed by atoms with Crippen molar-refractivity contribution in [2.45, 2.75) is 44.6 Å². The van der Waals surface area contributed by atoms with Crippen LogP contribution in [0.2, 0.25) is 5.02 Å². The number of nitrogens with two attached hydrogens (primary N) is 1. The summed E-state index contributed by atoms with van der Waals surface area (Å²) in [6.07, 6.45) is 6.52. The standard InChI is InChI=1S/C17H23ClN2O3/c18-14-10-13(17(21)22)16-12(15(14)19)9-11(23-16)5-4-8-20-6-2-1-3-7-20/h10-11H,1-9,19H2,(H,21,22). The molecule has 0 aromatic heterocycles. The molecular weight excluding hydrogens is 316 g/mol. The fraction of sp³-hybridized carbons (Fsp3) is 0.588. The fourth-order valence-corrected chi connectivity index (χ4v) is 3.74. The van der Waals surface area contributed by atoms with Gasteiger partial charge in [0.25, 0.3) is 0 Å². The molecule has 0 spiro atoms. The van der Waals surface area contributed by atoms with Gasteiger partial charge in [0.15, 0.2) is 0 Å². The first-order chi connectivity index (χ1) is 11.1. The molecule has 0 bridgehead atoms. The third-order valence-corrected chi connectivity index (χ3v) is 5.08. The number of carboxylic acid groups (broad SMARTS) is 1. The molecule has 6 heteroatoms. The Bertz CT molecular complexity index is 600. The summed E-state index contributed by atoms with van der Waals surface area (Å²) in [7, 11) is 0. The Morgan fingerprint density at radius 1 is 1.39 bits per heavy atom. The third kappa shape index (κ3) is 3.56. The van der Waals surface area contributed by atoms with E-state index in [1.165, 1.54) is 38.4 Å². The van der Waals surface area contributed by atoms with E-state index >= 15 is 0 Å². The van der Waals surface area contributed by atoms with Crippen molar-refractivity contribution in [3.05, 3.63) is 22.2 Å². The summed E-state index contributed by atoms with van der Waals surface area (Å²) in [5, 5.41) is 9.60. The van der Waals surface area contributed by atoms with Crippen LogP contribution >= 0.6 is 11.6 Å². The lowest BCUT2D eigenvalue weighted by molar-refractivity contribution is 0.0691. The normalized spacial score (nSPS) is 21.0. The number of aromatic carboxylic acids is 1. The molecule has 0 aliphatic carbocycles. The molecule has 0 amide bonds. The van der Waals surface area contributed by atoms with Crippen molar-refractivity contribution < 1.29 is 14.6 Å². The van der Waals surface area contributed by atoms with Crippen LogP contribution in [0.1, 0.15) is 48.0 Å². The van der Waals surface area contributed by atoms with Crippen LogP contribution in [0.15, 0.2) is 6.07 Å². The number of hydrogen-bond acceptors (Lipinski definition) is 4. The Kier molecular flexibility index (Phi) is 4.97. The van der Waals surface area contributed by atoms with E-state index < -0.39 is 5.97 Å². The van der Waals surface area contributed by atoms with Crippen molar-refractivity contribution in [1.82, 2.24) is 4.90 Å². The first kappa shape index (κ1) is 16.4. The number of carboxylic acids is 1. The van der Waals surface area contributed by atoms with Crippen LogP contribution in [0.5, 0.6) is 5.75 Å². The molecule has 1 fully saturated rings. The number of likely N-dealkylation sites (tertiary alicyclic amines) is 1. The van der Waals surface area contributed by atoms with Crippen molar-refractivity contribution in [3.63, 3.8) is 0 Å². The summed E-state index contributed by atoms with van der Waals surface area (Å²) in [5.41, 5.74) is 7.30. The molecule has 1 saturated heterocycles. The molecule has 3 N–H and O–H groups in total. The first-order valence-corrected chi connectivity index (χ1v) is 8.67. The van der Waals surface area contributed by atoms with Gasteiger partial charge in [0.2, 0.25) is 0 Å². The molecular formula is C17H23ClN2O3. The molecule has 1 unspecified atom stereocenters. The molecule has 0 radical (unpaired) electrons. The highest BCUT2D eigenvalue weighted by Crippen LogP contribution is 2.41. The summed E-state index contributed by atoms with van der Waals surface area (Å²) < 4.78 is 5.89. The predicted molar refractivity (Wildman–Crippen MR) is 90.5 cm³/mol. The largest absolute Gasteiger partial charge is 0.489 e. The van der Waals surface area contributed by atoms with E-state index in [0.717, 1.165) is 24.9 Å². The lowest BCUT2D eigenvalue weighted by atomic mass is 10.0. The zero-order valence-electron chi connectivity index (χ0n) is 13.2. The van der Waals surface area contributed by atoms with E-state index in [1.807, 2.05) is 0 Å². The van der Waals surface area contributed by atoms with E-state index in [-0.39, 0.29) is 11.7 Å². The van der Waals surface area contributed by atoms with Crippen molar-refractivity contribution >= 4 is 23.3 Å². The molecule has 0 saturated carbocycles. The summed E-state index contributed by atoms with van der Waals surface area (Å²) in [6.45, 7) is 3.47. The van der Waals surface area contributed by atoms with Crippen LogP contribution in [-0.4, -0.2) is 41.7 Å². The number of piperidine rings is 1. The number of hydrogen-bond donors (Lipinski definition) is 2. The Labute approximate surface area is 141 Å². The number of fused-ring (bicyclic) bond motifs is 1. The summed E-state index contributed by atoms with van der Waals surface area (Å²) in [5.74, 6) is -0.625. The van der Waals surface area contributed by atoms with Crippen molar-refractivity contribution in [2.24, 2.45) is 0 Å². The molecule has 3 rings (SSSR count). The molecule has 5 nitrogen and oxygen atoms in total. The van der Waals surface area contributed by atoms with Crippen LogP contribution in [0.3, 0.4) is 0 Å². The predicted octanol–water partition coefficient (Wildman–Crippen LogP) is 3.19. The number of anilines is 1. The minimum absolute atomic E-state index is 0.00587. The van der Waals surface area contributed by atoms with E-state index in [4.69, 9.17) is 22.1 Å². The molecule has 1 aromatic rings. The van der Waals surface area contributed by atoms with Gasteiger partial charge >= 0.3 is 5.97 Å². The maximum atomic E-state index is 11.4. The maximum Gasteiger partial charge on any atom is 0.339 e. The van der Waals surface area contributed by atoms with Gasteiger partial charge in [0.05, 0.1) is 10.7 Å². The zero-order chi connectivity index (χ0) is 16.4. The van der Waals surface area contributed by atoms with Crippen LogP contribution in [0, 0.1) is 0 Å². The van der Waals surface area contributed by atoms with E-state index in [0.29, 0.717) is 22.9 Å². The van der Waals surface area contributed by atoms with Crippen LogP contribution in [0.4, 0.5) is 5.69 Å². The van der Waals surface area contributed by atoms with Gasteiger partial charge in [-0.15, -0.1) is 0 Å². The van der Waals surface area contributed by atoms with Gasteiger partial charge in [-0.3, -0.25) is 0 Å². The van der Waals surface area contributed by atoms with Gasteiger partial charge in [0.1, 0.15) is 17.4 Å². The molecule has 1 atom stereocenters. The number of halogens is 1. The number of benzene rings is 1. The van der Waals surface area contributed by atoms with Gasteiger partial charge < -0.3 is 20.5 Å². The van der Waals surface area contributed by atoms with E-state index in [1.54, 1.807) is 0 Å². The fourth-order valence-electron chi connectivity index (χ4n) is 3.52. The highest BCUT2D eigenvalue weighted by Gasteiger charge is 2.30. The molecule has 23 heavy (non-hydrogen) atoms. The zero-order valence-corrected chi connectivity index (χ0v) is 13.9. The molecule has 126 valence electrons. The highest BCUT2D eigenvalue weighted by atomic mass is 35.5. The molecule has 2 heterocycles. The Morgan fingerprint density at radius 3 is 2.83 bits per heavy atom. The lowest BCUT2D eigenvalue weighted by Gasteiger charge is -2.26. The number of nitrogen functional groups attached to an aromatic ring is 1. The van der Waals surface area contributed by atoms with Crippen molar-refractivity contribution in [3.8, 4) is 5.75 Å². The summed E-state index contributed by atoms with van der Waals surface area (Å²) >= 11 is 6.04. The Hall–Kier alpha value is -1.46. The number of carbonyl (C=O) groups is 1. The number of nitrogens with zero attached hydrogens (tertiary/aromatic N) is 1. The molecule has 1 aromatic carbocycles. The lowest BCUT2D eigenvalue weighted by Crippen LogP contribution is -2.31. The van der Waals surface area contributed by atoms with Gasteiger partial charge in [-0.1, -0.05) is 18.0 Å². The van der Waals surface area contributed by atoms with Crippen molar-refractivity contribution in [1.29, 1.82) is 0 Å². The minimum Gasteiger partial charge on any atom is -0.489 e. The molecule has 2 aliphatic heterocycles. The second-order valence-electron chi connectivity index (χ2n) is 6.42. The smallest absolute Gasteiger partial charge is 0.339 e. The van der Waals surface area contributed by atoms with Crippen LogP contribution in [-0.2, 0) is 6.42 Å². The summed E-state index contributed by atoms with van der Waals surface area (Å²) in [4.78, 5) is 13.9. The number of ether oxygens (including phenoxy) is 1. The third-order valence-electron chi connectivity index (χ3n) is 4.77. The quantitative estimate of drug-likeness (QED) is 0.806. The Morgan fingerprint density at radius 2 is 2.13 bits per heavy atom. The van der Waals surface area contributed by atoms with Crippen LogP contribution in [0.25, 0.3) is 0 Å². The maximum absolute atomic E-state index is 11.4. The van der Waals surface area contributed by atoms with Gasteiger partial charge in [-0.25, -0.2) is 4.79 Å². The summed E-state index contributed by atoms with van der Waals surface area (Å²) in [6, 6.07) is 1.38. The monoisotopic (exact) mass is 338 g/mol. The average molecular weight is 339 g/mol. The second-order valence-corrected chi connectivity index (χ2v) is 6.83. The number of rotatable bonds is 5. The highest BCUT2D eigenvalue weighted by molar-refractivity contribution is 6.33. The Balaban J connectivity index is 1.61. The van der Waals surface area contributed by atoms with Gasteiger partial charge in [-0.2, -0.15) is 0 Å².